The van der Waals surface area contributed by atoms with Crippen LogP contribution in [-0.4, -0.2) is 13.0 Å². The third-order valence-corrected chi connectivity index (χ3v) is 4.77. The molecule has 136 valence electrons. The fourth-order valence-electron chi connectivity index (χ4n) is 2.40. The number of hydrogen-bond acceptors (Lipinski definition) is 4. The molecule has 0 unspecified atom stereocenters. The first-order valence-corrected chi connectivity index (χ1v) is 9.07. The first-order chi connectivity index (χ1) is 12.1. The van der Waals surface area contributed by atoms with Gasteiger partial charge in [-0.15, -0.1) is 0 Å². The Morgan fingerprint density at radius 2 is 1.54 bits per heavy atom. The Balaban J connectivity index is 2.26. The number of rotatable bonds is 3. The van der Waals surface area contributed by atoms with Gasteiger partial charge in [0.2, 0.25) is 10.0 Å². The number of primary sulfonamides is 1. The van der Waals surface area contributed by atoms with E-state index in [1.807, 2.05) is 0 Å². The fourth-order valence-corrected chi connectivity index (χ4v) is 3.58. The Bertz CT molecular complexity index is 1150. The zero-order chi connectivity index (χ0) is 19.2. The predicted molar refractivity (Wildman–Crippen MR) is 91.1 cm³/mol. The van der Waals surface area contributed by atoms with Crippen LogP contribution in [-0.2, 0) is 10.0 Å². The number of hydrogen-bond donors (Lipinski definition) is 1. The van der Waals surface area contributed by atoms with E-state index >= 15 is 0 Å². The highest BCUT2D eigenvalue weighted by molar-refractivity contribution is 7.89. The second-order valence-corrected chi connectivity index (χ2v) is 7.54. The van der Waals surface area contributed by atoms with Crippen molar-refractivity contribution in [1.82, 2.24) is 4.57 Å². The van der Waals surface area contributed by atoms with Gasteiger partial charge in [0.1, 0.15) is 17.9 Å². The van der Waals surface area contributed by atoms with E-state index in [1.54, 1.807) is 0 Å². The molecule has 0 saturated heterocycles. The molecule has 11 heteroatoms. The van der Waals surface area contributed by atoms with Crippen LogP contribution in [0.1, 0.15) is 0 Å². The fraction of sp³-hybridized carbons (Fsp3) is 0. The van der Waals surface area contributed by atoms with Crippen molar-refractivity contribution >= 4 is 33.2 Å². The predicted octanol–water partition coefficient (Wildman–Crippen LogP) is 3.33. The lowest BCUT2D eigenvalue weighted by atomic mass is 10.1. The smallest absolute Gasteiger partial charge is 0.415 e. The number of aromatic nitrogens is 1. The maximum absolute atomic E-state index is 14.1. The van der Waals surface area contributed by atoms with Crippen molar-refractivity contribution in [1.29, 1.82) is 0 Å². The minimum Gasteiger partial charge on any atom is -0.415 e. The zero-order valence-electron chi connectivity index (χ0n) is 12.5. The minimum atomic E-state index is -4.61. The van der Waals surface area contributed by atoms with Crippen molar-refractivity contribution in [3.8, 4) is 16.9 Å². The average molecular weight is 421 g/mol. The Hall–Kier alpha value is -2.20. The van der Waals surface area contributed by atoms with Gasteiger partial charge in [0.15, 0.2) is 4.90 Å². The van der Waals surface area contributed by atoms with Gasteiger partial charge in [-0.1, -0.05) is 23.2 Å². The van der Waals surface area contributed by atoms with Gasteiger partial charge in [0.05, 0.1) is 11.4 Å². The molecule has 6 nitrogen and oxygen atoms in total. The number of oxazole rings is 1. The molecule has 0 atom stereocenters. The lowest BCUT2D eigenvalue weighted by Crippen LogP contribution is -2.17. The largest absolute Gasteiger partial charge is 0.424 e. The summed E-state index contributed by atoms with van der Waals surface area (Å²) >= 11 is 11.8. The van der Waals surface area contributed by atoms with E-state index in [2.05, 4.69) is 0 Å². The Kier molecular flexibility index (Phi) is 4.65. The zero-order valence-corrected chi connectivity index (χ0v) is 14.9. The Morgan fingerprint density at radius 3 is 2.04 bits per heavy atom. The summed E-state index contributed by atoms with van der Waals surface area (Å²) in [6.45, 7) is 0. The molecule has 0 aliphatic carbocycles. The normalized spacial score (nSPS) is 11.7. The van der Waals surface area contributed by atoms with E-state index in [9.17, 15) is 22.0 Å². The molecule has 2 N–H and O–H groups in total. The van der Waals surface area contributed by atoms with E-state index < -0.39 is 32.3 Å². The number of sulfonamides is 1. The van der Waals surface area contributed by atoms with Gasteiger partial charge in [0, 0.05) is 15.6 Å². The molecule has 2 aromatic carbocycles. The van der Waals surface area contributed by atoms with Gasteiger partial charge in [-0.25, -0.2) is 31.7 Å². The molecule has 0 aliphatic heterocycles. The molecule has 1 heterocycles. The quantitative estimate of drug-likeness (QED) is 0.702. The van der Waals surface area contributed by atoms with Crippen molar-refractivity contribution in [2.45, 2.75) is 4.90 Å². The summed E-state index contributed by atoms with van der Waals surface area (Å²) < 4.78 is 56.5. The lowest BCUT2D eigenvalue weighted by molar-refractivity contribution is 0.504. The van der Waals surface area contributed by atoms with Gasteiger partial charge < -0.3 is 4.42 Å². The molecule has 3 aromatic rings. The van der Waals surface area contributed by atoms with Crippen molar-refractivity contribution in [3.05, 3.63) is 68.8 Å². The molecule has 26 heavy (non-hydrogen) atoms. The number of halogens is 4. The van der Waals surface area contributed by atoms with E-state index in [-0.39, 0.29) is 27.0 Å². The van der Waals surface area contributed by atoms with Gasteiger partial charge in [-0.3, -0.25) is 0 Å². The van der Waals surface area contributed by atoms with Crippen molar-refractivity contribution in [3.63, 3.8) is 0 Å². The molecular weight excluding hydrogens is 413 g/mol. The third-order valence-electron chi connectivity index (χ3n) is 3.38. The average Bonchev–Trinajstić information content (AvgIpc) is 2.85. The molecule has 0 aliphatic rings. The molecule has 0 fully saturated rings. The molecule has 0 amide bonds. The van der Waals surface area contributed by atoms with Gasteiger partial charge >= 0.3 is 5.76 Å². The third kappa shape index (κ3) is 3.38. The van der Waals surface area contributed by atoms with E-state index in [0.29, 0.717) is 0 Å². The van der Waals surface area contributed by atoms with Crippen LogP contribution in [0.5, 0.6) is 0 Å². The van der Waals surface area contributed by atoms with E-state index in [1.165, 1.54) is 18.2 Å². The second kappa shape index (κ2) is 6.51. The van der Waals surface area contributed by atoms with Crippen molar-refractivity contribution < 1.29 is 21.6 Å². The maximum Gasteiger partial charge on any atom is 0.424 e. The summed E-state index contributed by atoms with van der Waals surface area (Å²) in [5.41, 5.74) is -0.0194. The first kappa shape index (κ1) is 18.6. The van der Waals surface area contributed by atoms with Gasteiger partial charge in [-0.05, 0) is 30.3 Å². The molecule has 0 bridgehead atoms. The van der Waals surface area contributed by atoms with Crippen LogP contribution in [0.3, 0.4) is 0 Å². The highest BCUT2D eigenvalue weighted by Gasteiger charge is 2.23. The number of nitrogens with zero attached hydrogens (tertiary/aromatic N) is 1. The standard InChI is InChI=1S/C15H8Cl2F2N2O4S/c16-8-3-9(17)5-10(4-8)21-13(6-25-15(21)22)7-1-11(18)14(12(19)2-7)26(20,23)24/h1-6H,(H2,20,23,24). The summed E-state index contributed by atoms with van der Waals surface area (Å²) in [5.74, 6) is -3.69. The van der Waals surface area contributed by atoms with Gasteiger partial charge in [0.25, 0.3) is 0 Å². The van der Waals surface area contributed by atoms with Crippen LogP contribution in [0.15, 0.2) is 50.7 Å². The Morgan fingerprint density at radius 1 is 1.00 bits per heavy atom. The van der Waals surface area contributed by atoms with Crippen LogP contribution < -0.4 is 10.9 Å². The Labute approximate surface area is 155 Å². The lowest BCUT2D eigenvalue weighted by Gasteiger charge is -2.09. The summed E-state index contributed by atoms with van der Waals surface area (Å²) in [5, 5.41) is 5.23. The summed E-state index contributed by atoms with van der Waals surface area (Å²) in [6, 6.07) is 5.64. The molecule has 3 rings (SSSR count). The molecule has 0 spiro atoms. The molecule has 1 aromatic heterocycles. The summed E-state index contributed by atoms with van der Waals surface area (Å²) in [4.78, 5) is 10.8. The number of benzene rings is 2. The second-order valence-electron chi connectivity index (χ2n) is 5.16. The van der Waals surface area contributed by atoms with Crippen LogP contribution in [0, 0.1) is 11.6 Å². The van der Waals surface area contributed by atoms with Gasteiger partial charge in [-0.2, -0.15) is 0 Å². The topological polar surface area (TPSA) is 95.3 Å². The van der Waals surface area contributed by atoms with Crippen LogP contribution >= 0.6 is 23.2 Å². The van der Waals surface area contributed by atoms with Crippen molar-refractivity contribution in [2.75, 3.05) is 0 Å². The van der Waals surface area contributed by atoms with E-state index in [0.717, 1.165) is 23.0 Å². The summed E-state index contributed by atoms with van der Waals surface area (Å²) in [7, 11) is -4.61. The van der Waals surface area contributed by atoms with Crippen LogP contribution in [0.2, 0.25) is 10.0 Å². The van der Waals surface area contributed by atoms with Crippen molar-refractivity contribution in [2.24, 2.45) is 5.14 Å². The highest BCUT2D eigenvalue weighted by atomic mass is 35.5. The summed E-state index contributed by atoms with van der Waals surface area (Å²) in [6.07, 6.45) is 0.960. The molecule has 0 saturated carbocycles. The van der Waals surface area contributed by atoms with E-state index in [4.69, 9.17) is 32.8 Å². The van der Waals surface area contributed by atoms with Crippen LogP contribution in [0.4, 0.5) is 8.78 Å². The maximum atomic E-state index is 14.1. The molecule has 0 radical (unpaired) electrons. The van der Waals surface area contributed by atoms with Crippen LogP contribution in [0.25, 0.3) is 16.9 Å². The molecular formula is C15H8Cl2F2N2O4S. The number of nitrogens with two attached hydrogens (primary N) is 1. The SMILES string of the molecule is NS(=O)(=O)c1c(F)cc(-c2coc(=O)n2-c2cc(Cl)cc(Cl)c2)cc1F. The highest BCUT2D eigenvalue weighted by Crippen LogP contribution is 2.29. The monoisotopic (exact) mass is 420 g/mol. The first-order valence-electron chi connectivity index (χ1n) is 6.77. The minimum absolute atomic E-state index is 0.0490.